The van der Waals surface area contributed by atoms with Crippen molar-refractivity contribution in [1.82, 2.24) is 0 Å². The smallest absolute Gasteiger partial charge is 0.0231 e. The first-order chi connectivity index (χ1) is 11.0. The molecule has 0 heteroatoms. The third-order valence-electron chi connectivity index (χ3n) is 4.38. The molecule has 2 aromatic rings. The van der Waals surface area contributed by atoms with E-state index in [1.165, 1.54) is 22.3 Å². The molecule has 0 N–H and O–H groups in total. The second-order valence-electron chi connectivity index (χ2n) is 7.08. The van der Waals surface area contributed by atoms with E-state index in [0.29, 0.717) is 0 Å². The van der Waals surface area contributed by atoms with E-state index in [9.17, 15) is 0 Å². The third kappa shape index (κ3) is 5.56. The van der Waals surface area contributed by atoms with Crippen LogP contribution in [0.5, 0.6) is 0 Å². The van der Waals surface area contributed by atoms with Crippen LogP contribution in [-0.4, -0.2) is 0 Å². The Bertz CT molecular complexity index is 598. The first-order valence-electron chi connectivity index (χ1n) is 8.42. The van der Waals surface area contributed by atoms with Crippen LogP contribution in [0.4, 0.5) is 0 Å². The molecular weight excluding hydrogens is 276 g/mol. The third-order valence-corrected chi connectivity index (χ3v) is 4.38. The quantitative estimate of drug-likeness (QED) is 0.539. The van der Waals surface area contributed by atoms with Gasteiger partial charge >= 0.3 is 0 Å². The highest BCUT2D eigenvalue weighted by atomic mass is 14.2. The maximum Gasteiger partial charge on any atom is -0.0231 e. The zero-order chi connectivity index (χ0) is 16.7. The molecular formula is C23H28. The zero-order valence-corrected chi connectivity index (χ0v) is 14.8. The van der Waals surface area contributed by atoms with E-state index >= 15 is 0 Å². The molecule has 0 fully saturated rings. The topological polar surface area (TPSA) is 0 Å². The summed E-state index contributed by atoms with van der Waals surface area (Å²) >= 11 is 0. The Kier molecular flexibility index (Phi) is 5.98. The van der Waals surface area contributed by atoms with Crippen molar-refractivity contribution in [2.45, 2.75) is 40.5 Å². The molecule has 0 atom stereocenters. The molecule has 0 aliphatic rings. The summed E-state index contributed by atoms with van der Waals surface area (Å²) < 4.78 is 0. The predicted molar refractivity (Wildman–Crippen MR) is 103 cm³/mol. The van der Waals surface area contributed by atoms with Crippen LogP contribution in [0.3, 0.4) is 0 Å². The minimum Gasteiger partial charge on any atom is -0.0805 e. The summed E-state index contributed by atoms with van der Waals surface area (Å²) in [5, 5.41) is 0. The van der Waals surface area contributed by atoms with E-state index in [2.05, 4.69) is 101 Å². The van der Waals surface area contributed by atoms with Crippen molar-refractivity contribution in [2.75, 3.05) is 0 Å². The minimum absolute atomic E-state index is 0.270. The average Bonchev–Trinajstić information content (AvgIpc) is 2.59. The summed E-state index contributed by atoms with van der Waals surface area (Å²) in [5.41, 5.74) is 5.63. The monoisotopic (exact) mass is 304 g/mol. The van der Waals surface area contributed by atoms with E-state index < -0.39 is 0 Å². The number of benzene rings is 2. The van der Waals surface area contributed by atoms with Gasteiger partial charge in [0.1, 0.15) is 0 Å². The highest BCUT2D eigenvalue weighted by Gasteiger charge is 2.15. The van der Waals surface area contributed by atoms with Crippen LogP contribution in [-0.2, 0) is 0 Å². The second-order valence-corrected chi connectivity index (χ2v) is 7.08. The lowest BCUT2D eigenvalue weighted by Gasteiger charge is -2.22. The van der Waals surface area contributed by atoms with Crippen molar-refractivity contribution >= 4 is 11.1 Å². The maximum absolute atomic E-state index is 2.38. The number of allylic oxidation sites excluding steroid dienone is 4. The van der Waals surface area contributed by atoms with E-state index in [-0.39, 0.29) is 5.41 Å². The fraction of sp³-hybridized carbons (Fsp3) is 0.304. The first-order valence-corrected chi connectivity index (χ1v) is 8.42. The fourth-order valence-electron chi connectivity index (χ4n) is 2.58. The molecule has 2 rings (SSSR count). The molecule has 0 saturated heterocycles. The Morgan fingerprint density at radius 1 is 0.696 bits per heavy atom. The molecule has 0 spiro atoms. The Morgan fingerprint density at radius 2 is 1.04 bits per heavy atom. The van der Waals surface area contributed by atoms with Gasteiger partial charge < -0.3 is 0 Å². The summed E-state index contributed by atoms with van der Waals surface area (Å²) in [5.74, 6) is 0. The predicted octanol–water partition coefficient (Wildman–Crippen LogP) is 7.00. The molecule has 0 aromatic heterocycles. The van der Waals surface area contributed by atoms with Gasteiger partial charge in [-0.25, -0.2) is 0 Å². The fourth-order valence-corrected chi connectivity index (χ4v) is 2.58. The number of hydrogen-bond donors (Lipinski definition) is 0. The summed E-state index contributed by atoms with van der Waals surface area (Å²) in [7, 11) is 0. The van der Waals surface area contributed by atoms with Gasteiger partial charge in [-0.05, 0) is 54.4 Å². The molecule has 120 valence electrons. The molecule has 0 unspecified atom stereocenters. The summed E-state index contributed by atoms with van der Waals surface area (Å²) in [6.45, 7) is 9.10. The van der Waals surface area contributed by atoms with Gasteiger partial charge in [-0.2, -0.15) is 0 Å². The molecule has 0 nitrogen and oxygen atoms in total. The van der Waals surface area contributed by atoms with Crippen LogP contribution in [0.1, 0.15) is 51.7 Å². The van der Waals surface area contributed by atoms with Crippen molar-refractivity contribution in [3.05, 3.63) is 83.9 Å². The molecule has 0 aliphatic heterocycles. The van der Waals surface area contributed by atoms with E-state index in [0.717, 1.165) is 12.8 Å². The SMILES string of the molecule is C/C(=C\CC(C)(C)C/C=C(\C)c1ccccc1)c1ccccc1. The number of rotatable bonds is 6. The lowest BCUT2D eigenvalue weighted by molar-refractivity contribution is 0.377. The van der Waals surface area contributed by atoms with Gasteiger partial charge in [-0.1, -0.05) is 86.7 Å². The Labute approximate surface area is 141 Å². The van der Waals surface area contributed by atoms with Crippen LogP contribution in [0.15, 0.2) is 72.8 Å². The Morgan fingerprint density at radius 3 is 1.39 bits per heavy atom. The van der Waals surface area contributed by atoms with Crippen molar-refractivity contribution in [2.24, 2.45) is 5.41 Å². The lowest BCUT2D eigenvalue weighted by atomic mass is 9.83. The lowest BCUT2D eigenvalue weighted by Crippen LogP contribution is -2.08. The van der Waals surface area contributed by atoms with Crippen LogP contribution < -0.4 is 0 Å². The highest BCUT2D eigenvalue weighted by Crippen LogP contribution is 2.30. The van der Waals surface area contributed by atoms with Crippen LogP contribution in [0.25, 0.3) is 11.1 Å². The van der Waals surface area contributed by atoms with Crippen LogP contribution in [0, 0.1) is 5.41 Å². The zero-order valence-electron chi connectivity index (χ0n) is 14.8. The molecule has 0 heterocycles. The Balaban J connectivity index is 1.99. The van der Waals surface area contributed by atoms with Crippen molar-refractivity contribution in [3.63, 3.8) is 0 Å². The van der Waals surface area contributed by atoms with Crippen molar-refractivity contribution in [3.8, 4) is 0 Å². The first kappa shape index (κ1) is 17.3. The number of hydrogen-bond acceptors (Lipinski definition) is 0. The largest absolute Gasteiger partial charge is 0.0805 e. The molecule has 0 radical (unpaired) electrons. The second kappa shape index (κ2) is 7.97. The molecule has 0 aliphatic carbocycles. The molecule has 0 bridgehead atoms. The molecule has 0 saturated carbocycles. The average molecular weight is 304 g/mol. The summed E-state index contributed by atoms with van der Waals surface area (Å²) in [4.78, 5) is 0. The molecule has 2 aromatic carbocycles. The van der Waals surface area contributed by atoms with Gasteiger partial charge in [0, 0.05) is 0 Å². The standard InChI is InChI=1S/C23H28/c1-19(21-11-7-5-8-12-21)15-17-23(3,4)18-16-20(2)22-13-9-6-10-14-22/h5-16H,17-18H2,1-4H3/b19-15+,20-16+. The van der Waals surface area contributed by atoms with Gasteiger partial charge in [-0.3, -0.25) is 0 Å². The molecule has 23 heavy (non-hydrogen) atoms. The van der Waals surface area contributed by atoms with Gasteiger partial charge in [0.2, 0.25) is 0 Å². The van der Waals surface area contributed by atoms with Gasteiger partial charge in [0.05, 0.1) is 0 Å². The maximum atomic E-state index is 2.38. The highest BCUT2D eigenvalue weighted by molar-refractivity contribution is 5.64. The summed E-state index contributed by atoms with van der Waals surface area (Å²) in [6, 6.07) is 21.3. The van der Waals surface area contributed by atoms with E-state index in [1.54, 1.807) is 0 Å². The van der Waals surface area contributed by atoms with Crippen LogP contribution in [0.2, 0.25) is 0 Å². The van der Waals surface area contributed by atoms with E-state index in [1.807, 2.05) is 0 Å². The van der Waals surface area contributed by atoms with Crippen LogP contribution >= 0.6 is 0 Å². The Hall–Kier alpha value is -2.08. The van der Waals surface area contributed by atoms with E-state index in [4.69, 9.17) is 0 Å². The van der Waals surface area contributed by atoms with Gasteiger partial charge in [0.15, 0.2) is 0 Å². The molecule has 0 amide bonds. The summed E-state index contributed by atoms with van der Waals surface area (Å²) in [6.07, 6.45) is 6.93. The van der Waals surface area contributed by atoms with Gasteiger partial charge in [0.25, 0.3) is 0 Å². The minimum atomic E-state index is 0.270. The normalized spacial score (nSPS) is 13.2. The van der Waals surface area contributed by atoms with Crippen molar-refractivity contribution in [1.29, 1.82) is 0 Å². The van der Waals surface area contributed by atoms with Crippen molar-refractivity contribution < 1.29 is 0 Å². The van der Waals surface area contributed by atoms with Gasteiger partial charge in [-0.15, -0.1) is 0 Å².